The largest absolute Gasteiger partial charge is 0.378 e. The average Bonchev–Trinajstić information content (AvgIpc) is 3.45. The normalized spacial score (nSPS) is 16.5. The number of carbonyl (C=O) groups excluding carboxylic acids is 1. The van der Waals surface area contributed by atoms with Gasteiger partial charge in [-0.2, -0.15) is 0 Å². The highest BCUT2D eigenvalue weighted by Crippen LogP contribution is 2.44. The lowest BCUT2D eigenvalue weighted by Gasteiger charge is -2.28. The van der Waals surface area contributed by atoms with Crippen LogP contribution in [-0.2, 0) is 9.53 Å². The van der Waals surface area contributed by atoms with Crippen molar-refractivity contribution >= 4 is 51.9 Å². The van der Waals surface area contributed by atoms with Crippen molar-refractivity contribution in [2.45, 2.75) is 25.9 Å². The number of anilines is 3. The number of nitrogens with zero attached hydrogens (tertiary/aromatic N) is 4. The van der Waals surface area contributed by atoms with Crippen molar-refractivity contribution in [1.29, 1.82) is 0 Å². The molecule has 0 spiro atoms. The van der Waals surface area contributed by atoms with Gasteiger partial charge in [-0.25, -0.2) is 0 Å². The molecular formula is C31H33ClN6O2S. The first-order valence-corrected chi connectivity index (χ1v) is 14.0. The predicted octanol–water partition coefficient (Wildman–Crippen LogP) is 5.97. The molecule has 1 aliphatic rings. The van der Waals surface area contributed by atoms with Gasteiger partial charge >= 0.3 is 0 Å². The van der Waals surface area contributed by atoms with Crippen molar-refractivity contribution in [3.63, 3.8) is 0 Å². The van der Waals surface area contributed by atoms with Crippen LogP contribution in [0, 0.1) is 13.8 Å². The van der Waals surface area contributed by atoms with E-state index in [1.807, 2.05) is 44.4 Å². The van der Waals surface area contributed by atoms with Crippen LogP contribution in [0.2, 0.25) is 5.02 Å². The molecule has 212 valence electrons. The highest BCUT2D eigenvalue weighted by Gasteiger charge is 2.42. The molecule has 1 fully saturated rings. The molecule has 5 rings (SSSR count). The number of hydrogen-bond donors (Lipinski definition) is 2. The van der Waals surface area contributed by atoms with Gasteiger partial charge < -0.3 is 29.7 Å². The van der Waals surface area contributed by atoms with E-state index in [1.54, 1.807) is 12.3 Å². The number of amides is 1. The van der Waals surface area contributed by atoms with Crippen LogP contribution in [0.15, 0.2) is 72.9 Å². The van der Waals surface area contributed by atoms with Crippen molar-refractivity contribution in [2.24, 2.45) is 0 Å². The molecule has 2 aromatic heterocycles. The molecule has 1 amide bonds. The van der Waals surface area contributed by atoms with Crippen LogP contribution in [0.4, 0.5) is 17.1 Å². The number of methoxy groups -OCH3 is 1. The third-order valence-electron chi connectivity index (χ3n) is 7.29. The molecule has 8 nitrogen and oxygen atoms in total. The molecule has 0 bridgehead atoms. The molecule has 4 aromatic rings. The Morgan fingerprint density at radius 1 is 1.10 bits per heavy atom. The summed E-state index contributed by atoms with van der Waals surface area (Å²) in [5.74, 6) is -0.278. The smallest absolute Gasteiger partial charge is 0.250 e. The fraction of sp³-hybridized carbons (Fsp3) is 0.258. The van der Waals surface area contributed by atoms with E-state index >= 15 is 0 Å². The van der Waals surface area contributed by atoms with E-state index in [2.05, 4.69) is 74.2 Å². The lowest BCUT2D eigenvalue weighted by molar-refractivity contribution is -0.119. The lowest BCUT2D eigenvalue weighted by Crippen LogP contribution is -2.29. The Balaban J connectivity index is 1.59. The first-order valence-electron chi connectivity index (χ1n) is 13.2. The van der Waals surface area contributed by atoms with Gasteiger partial charge in [0.25, 0.3) is 0 Å². The van der Waals surface area contributed by atoms with Crippen LogP contribution < -0.4 is 20.4 Å². The summed E-state index contributed by atoms with van der Waals surface area (Å²) >= 11 is 12.6. The highest BCUT2D eigenvalue weighted by molar-refractivity contribution is 7.80. The Hall–Kier alpha value is -3.92. The number of hydrogen-bond acceptors (Lipinski definition) is 5. The van der Waals surface area contributed by atoms with E-state index in [-0.39, 0.29) is 24.6 Å². The first-order chi connectivity index (χ1) is 19.7. The van der Waals surface area contributed by atoms with Gasteiger partial charge in [-0.15, -0.1) is 0 Å². The summed E-state index contributed by atoms with van der Waals surface area (Å²) in [5, 5.41) is 7.28. The van der Waals surface area contributed by atoms with Gasteiger partial charge in [0.1, 0.15) is 6.61 Å². The molecule has 0 saturated carbocycles. The summed E-state index contributed by atoms with van der Waals surface area (Å²) in [6.07, 6.45) is 1.80. The minimum atomic E-state index is -0.278. The summed E-state index contributed by atoms with van der Waals surface area (Å²) in [6.45, 7) is 4.20. The van der Waals surface area contributed by atoms with Crippen LogP contribution in [0.1, 0.15) is 34.7 Å². The van der Waals surface area contributed by atoms with Gasteiger partial charge in [0.2, 0.25) is 5.91 Å². The predicted molar refractivity (Wildman–Crippen MR) is 169 cm³/mol. The Morgan fingerprint density at radius 3 is 2.46 bits per heavy atom. The van der Waals surface area contributed by atoms with Crippen molar-refractivity contribution < 1.29 is 9.53 Å². The van der Waals surface area contributed by atoms with Crippen LogP contribution >= 0.6 is 23.8 Å². The first kappa shape index (κ1) is 28.6. The zero-order chi connectivity index (χ0) is 29.3. The van der Waals surface area contributed by atoms with Gasteiger partial charge in [-0.3, -0.25) is 9.78 Å². The summed E-state index contributed by atoms with van der Waals surface area (Å²) in [6, 6.07) is 21.8. The van der Waals surface area contributed by atoms with E-state index in [1.165, 1.54) is 7.11 Å². The third-order valence-corrected chi connectivity index (χ3v) is 7.92. The zero-order valence-corrected chi connectivity index (χ0v) is 25.3. The van der Waals surface area contributed by atoms with Crippen molar-refractivity contribution in [3.8, 4) is 5.69 Å². The SMILES string of the molecule is COCC(=O)Nc1ccc(N2C(=S)N[C@H](c3ccccn3)[C@@H]2c2cc(C)n(-c3ccc(N(C)C)cc3)c2C)cc1Cl. The molecule has 1 aliphatic heterocycles. The fourth-order valence-electron chi connectivity index (χ4n) is 5.41. The second-order valence-corrected chi connectivity index (χ2v) is 11.0. The van der Waals surface area contributed by atoms with Gasteiger partial charge in [0.05, 0.1) is 28.5 Å². The second-order valence-electron chi connectivity index (χ2n) is 10.2. The average molecular weight is 589 g/mol. The molecule has 0 unspecified atom stereocenters. The molecule has 1 saturated heterocycles. The molecule has 0 radical (unpaired) electrons. The maximum atomic E-state index is 12.1. The quantitative estimate of drug-likeness (QED) is 0.246. The van der Waals surface area contributed by atoms with Gasteiger partial charge in [0, 0.05) is 55.9 Å². The number of halogens is 1. The summed E-state index contributed by atoms with van der Waals surface area (Å²) < 4.78 is 7.19. The zero-order valence-electron chi connectivity index (χ0n) is 23.7. The number of ether oxygens (including phenoxy) is 1. The Kier molecular flexibility index (Phi) is 8.30. The number of nitrogens with one attached hydrogen (secondary N) is 2. The van der Waals surface area contributed by atoms with Crippen LogP contribution in [0.3, 0.4) is 0 Å². The summed E-state index contributed by atoms with van der Waals surface area (Å²) in [4.78, 5) is 20.9. The minimum absolute atomic E-state index is 0.0560. The number of benzene rings is 2. The Morgan fingerprint density at radius 2 is 1.83 bits per heavy atom. The molecule has 2 atom stereocenters. The minimum Gasteiger partial charge on any atom is -0.378 e. The Bertz CT molecular complexity index is 1570. The molecular weight excluding hydrogens is 556 g/mol. The molecule has 41 heavy (non-hydrogen) atoms. The molecule has 2 N–H and O–H groups in total. The maximum Gasteiger partial charge on any atom is 0.250 e. The van der Waals surface area contributed by atoms with E-state index in [0.29, 0.717) is 15.8 Å². The van der Waals surface area contributed by atoms with Gasteiger partial charge in [-0.05, 0) is 92.3 Å². The highest BCUT2D eigenvalue weighted by atomic mass is 35.5. The lowest BCUT2D eigenvalue weighted by atomic mass is 9.96. The molecule has 2 aromatic carbocycles. The third kappa shape index (κ3) is 5.66. The maximum absolute atomic E-state index is 12.1. The van der Waals surface area contributed by atoms with E-state index < -0.39 is 0 Å². The van der Waals surface area contributed by atoms with Crippen LogP contribution in [-0.4, -0.2) is 48.4 Å². The van der Waals surface area contributed by atoms with Crippen LogP contribution in [0.5, 0.6) is 0 Å². The van der Waals surface area contributed by atoms with Crippen molar-refractivity contribution in [3.05, 3.63) is 101 Å². The van der Waals surface area contributed by atoms with E-state index in [0.717, 1.165) is 39.7 Å². The number of pyridine rings is 1. The van der Waals surface area contributed by atoms with E-state index in [9.17, 15) is 4.79 Å². The van der Waals surface area contributed by atoms with Crippen molar-refractivity contribution in [1.82, 2.24) is 14.9 Å². The van der Waals surface area contributed by atoms with Crippen LogP contribution in [0.25, 0.3) is 5.69 Å². The summed E-state index contributed by atoms with van der Waals surface area (Å²) in [5.41, 5.74) is 7.77. The standard InChI is InChI=1S/C31H33ClN6O2S/c1-19-16-24(20(2)37(19)22-11-9-21(10-12-22)36(3)4)30-29(27-8-6-7-15-33-27)35-31(41)38(30)23-13-14-26(25(32)17-23)34-28(39)18-40-5/h6-17,29-30H,18H2,1-5H3,(H,34,39)(H,35,41)/t29-,30+/m1/s1. The number of thiocarbonyl (C=S) groups is 1. The summed E-state index contributed by atoms with van der Waals surface area (Å²) in [7, 11) is 5.54. The van der Waals surface area contributed by atoms with E-state index in [4.69, 9.17) is 28.6 Å². The topological polar surface area (TPSA) is 74.7 Å². The van der Waals surface area contributed by atoms with Crippen molar-refractivity contribution in [2.75, 3.05) is 42.9 Å². The molecule has 10 heteroatoms. The Labute approximate surface area is 250 Å². The molecule has 3 heterocycles. The number of carbonyl (C=O) groups is 1. The van der Waals surface area contributed by atoms with Gasteiger partial charge in [-0.1, -0.05) is 17.7 Å². The van der Waals surface area contributed by atoms with Gasteiger partial charge in [0.15, 0.2) is 5.11 Å². The number of rotatable bonds is 8. The monoisotopic (exact) mass is 588 g/mol. The number of aromatic nitrogens is 2. The fourth-order valence-corrected chi connectivity index (χ4v) is 5.97. The molecule has 0 aliphatic carbocycles. The number of aryl methyl sites for hydroxylation is 1. The second kappa shape index (κ2) is 11.9.